The third kappa shape index (κ3) is 3.76. The molecule has 1 saturated carbocycles. The summed E-state index contributed by atoms with van der Waals surface area (Å²) in [7, 11) is 0. The Hall–Kier alpha value is -1.98. The normalized spacial score (nSPS) is 21.2. The molecule has 1 heterocycles. The number of hydrogen-bond donors (Lipinski definition) is 1. The van der Waals surface area contributed by atoms with Crippen LogP contribution in [0.4, 0.5) is 4.79 Å². The van der Waals surface area contributed by atoms with Gasteiger partial charge in [-0.15, -0.1) is 0 Å². The molecule has 1 aromatic heterocycles. The summed E-state index contributed by atoms with van der Waals surface area (Å²) in [6.45, 7) is 6.76. The fourth-order valence-electron chi connectivity index (χ4n) is 1.97. The van der Waals surface area contributed by atoms with Crippen LogP contribution >= 0.6 is 0 Å². The molecule has 0 radical (unpaired) electrons. The Kier molecular flexibility index (Phi) is 3.74. The lowest BCUT2D eigenvalue weighted by atomic mass is 10.2. The van der Waals surface area contributed by atoms with Gasteiger partial charge in [0.25, 0.3) is 0 Å². The van der Waals surface area contributed by atoms with E-state index < -0.39 is 11.8 Å². The van der Waals surface area contributed by atoms with Gasteiger partial charge in [-0.05, 0) is 27.2 Å². The Morgan fingerprint density at radius 1 is 1.35 bits per heavy atom. The summed E-state index contributed by atoms with van der Waals surface area (Å²) >= 11 is 0. The summed E-state index contributed by atoms with van der Waals surface area (Å²) < 4.78 is 15.3. The first-order valence-electron chi connectivity index (χ1n) is 6.50. The van der Waals surface area contributed by atoms with Gasteiger partial charge in [0.05, 0.1) is 6.26 Å². The van der Waals surface area contributed by atoms with Crippen LogP contribution in [0.5, 0.6) is 5.75 Å². The molecule has 1 aliphatic rings. The van der Waals surface area contributed by atoms with Gasteiger partial charge in [-0.3, -0.25) is 4.79 Å². The Labute approximate surface area is 117 Å². The number of ether oxygens (including phenoxy) is 2. The van der Waals surface area contributed by atoms with Crippen LogP contribution in [0.25, 0.3) is 0 Å². The molecule has 1 aromatic rings. The molecular formula is C14H19NO5. The van der Waals surface area contributed by atoms with Crippen molar-refractivity contribution < 1.29 is 23.5 Å². The lowest BCUT2D eigenvalue weighted by Crippen LogP contribution is -2.26. The predicted molar refractivity (Wildman–Crippen MR) is 70.5 cm³/mol. The average Bonchev–Trinajstić information content (AvgIpc) is 2.83. The van der Waals surface area contributed by atoms with E-state index >= 15 is 0 Å². The van der Waals surface area contributed by atoms with Crippen LogP contribution in [0.15, 0.2) is 16.9 Å². The molecule has 6 heteroatoms. The second kappa shape index (κ2) is 5.19. The van der Waals surface area contributed by atoms with Gasteiger partial charge in [-0.1, -0.05) is 0 Å². The van der Waals surface area contributed by atoms with E-state index in [4.69, 9.17) is 13.9 Å². The Morgan fingerprint density at radius 3 is 2.65 bits per heavy atom. The van der Waals surface area contributed by atoms with Crippen LogP contribution < -0.4 is 10.1 Å². The molecule has 20 heavy (non-hydrogen) atoms. The van der Waals surface area contributed by atoms with Crippen molar-refractivity contribution in [3.8, 4) is 5.75 Å². The van der Waals surface area contributed by atoms with Crippen molar-refractivity contribution in [3.63, 3.8) is 0 Å². The van der Waals surface area contributed by atoms with Crippen LogP contribution in [0, 0.1) is 0 Å². The second-order valence-corrected chi connectivity index (χ2v) is 5.91. The van der Waals surface area contributed by atoms with E-state index in [0.29, 0.717) is 5.75 Å². The molecule has 1 fully saturated rings. The van der Waals surface area contributed by atoms with Gasteiger partial charge in [-0.25, -0.2) is 4.79 Å². The van der Waals surface area contributed by atoms with Gasteiger partial charge in [0, 0.05) is 24.4 Å². The predicted octanol–water partition coefficient (Wildman–Crippen LogP) is 2.59. The summed E-state index contributed by atoms with van der Waals surface area (Å²) in [4.78, 5) is 22.6. The molecule has 0 aromatic carbocycles. The second-order valence-electron chi connectivity index (χ2n) is 5.91. The zero-order chi connectivity index (χ0) is 14.9. The van der Waals surface area contributed by atoms with Gasteiger partial charge in [0.2, 0.25) is 5.91 Å². The summed E-state index contributed by atoms with van der Waals surface area (Å²) in [5, 5.41) is 2.82. The molecule has 0 bridgehead atoms. The monoisotopic (exact) mass is 281 g/mol. The zero-order valence-corrected chi connectivity index (χ0v) is 12.1. The molecule has 1 N–H and O–H groups in total. The number of carbonyl (C=O) groups excluding carboxylic acids is 2. The maximum Gasteiger partial charge on any atom is 0.514 e. The number of furan rings is 1. The minimum Gasteiger partial charge on any atom is -0.468 e. The van der Waals surface area contributed by atoms with Crippen molar-refractivity contribution in [1.29, 1.82) is 0 Å². The van der Waals surface area contributed by atoms with Crippen molar-refractivity contribution in [3.05, 3.63) is 18.1 Å². The molecule has 1 aliphatic carbocycles. The molecule has 0 spiro atoms. The van der Waals surface area contributed by atoms with Crippen molar-refractivity contribution in [2.45, 2.75) is 51.7 Å². The fourth-order valence-corrected chi connectivity index (χ4v) is 1.97. The highest BCUT2D eigenvalue weighted by Crippen LogP contribution is 2.45. The van der Waals surface area contributed by atoms with Gasteiger partial charge < -0.3 is 19.2 Å². The van der Waals surface area contributed by atoms with Gasteiger partial charge >= 0.3 is 6.16 Å². The summed E-state index contributed by atoms with van der Waals surface area (Å²) in [5.41, 5.74) is 0.161. The van der Waals surface area contributed by atoms with Crippen LogP contribution in [0.3, 0.4) is 0 Å². The quantitative estimate of drug-likeness (QED) is 0.861. The molecule has 0 saturated heterocycles. The van der Waals surface area contributed by atoms with Crippen LogP contribution in [0.2, 0.25) is 0 Å². The third-order valence-electron chi connectivity index (χ3n) is 2.82. The van der Waals surface area contributed by atoms with Crippen molar-refractivity contribution in [2.24, 2.45) is 0 Å². The van der Waals surface area contributed by atoms with Gasteiger partial charge in [0.1, 0.15) is 11.9 Å². The van der Waals surface area contributed by atoms with Crippen molar-refractivity contribution in [2.75, 3.05) is 0 Å². The molecule has 6 nitrogen and oxygen atoms in total. The summed E-state index contributed by atoms with van der Waals surface area (Å²) in [6.07, 6.45) is 2.94. The van der Waals surface area contributed by atoms with E-state index in [0.717, 1.165) is 12.0 Å². The minimum absolute atomic E-state index is 0.0735. The molecule has 1 amide bonds. The first-order chi connectivity index (χ1) is 9.26. The molecular weight excluding hydrogens is 262 g/mol. The van der Waals surface area contributed by atoms with Crippen LogP contribution in [0.1, 0.15) is 45.6 Å². The van der Waals surface area contributed by atoms with E-state index in [1.165, 1.54) is 19.5 Å². The highest BCUT2D eigenvalue weighted by Gasteiger charge is 2.42. The third-order valence-corrected chi connectivity index (χ3v) is 2.82. The first kappa shape index (κ1) is 14.4. The number of nitrogens with one attached hydrogen (secondary N) is 1. The van der Waals surface area contributed by atoms with Crippen molar-refractivity contribution in [1.82, 2.24) is 5.32 Å². The topological polar surface area (TPSA) is 77.8 Å². The lowest BCUT2D eigenvalue weighted by molar-refractivity contribution is -0.119. The lowest BCUT2D eigenvalue weighted by Gasteiger charge is -2.18. The molecule has 2 rings (SSSR count). The minimum atomic E-state index is -0.767. The first-order valence-corrected chi connectivity index (χ1v) is 6.50. The standard InChI is InChI=1S/C14H19NO5/c1-8(16)15-11-5-9(11)10-6-18-7-12(10)19-13(17)20-14(2,3)4/h6-7,9,11H,5H2,1-4H3,(H,15,16). The number of carbonyl (C=O) groups is 2. The van der Waals surface area contributed by atoms with E-state index in [-0.39, 0.29) is 17.9 Å². The summed E-state index contributed by atoms with van der Waals surface area (Å²) in [6, 6.07) is 0.0751. The maximum absolute atomic E-state index is 11.6. The van der Waals surface area contributed by atoms with E-state index in [2.05, 4.69) is 5.32 Å². The van der Waals surface area contributed by atoms with E-state index in [1.807, 2.05) is 0 Å². The number of rotatable bonds is 3. The Morgan fingerprint density at radius 2 is 2.05 bits per heavy atom. The van der Waals surface area contributed by atoms with E-state index in [1.54, 1.807) is 20.8 Å². The van der Waals surface area contributed by atoms with Gasteiger partial charge in [0.15, 0.2) is 5.75 Å². The smallest absolute Gasteiger partial charge is 0.468 e. The number of amides is 1. The summed E-state index contributed by atoms with van der Waals surface area (Å²) in [5.74, 6) is 0.391. The Bertz CT molecular complexity index is 514. The van der Waals surface area contributed by atoms with Gasteiger partial charge in [-0.2, -0.15) is 0 Å². The zero-order valence-electron chi connectivity index (χ0n) is 12.1. The fraction of sp³-hybridized carbons (Fsp3) is 0.571. The van der Waals surface area contributed by atoms with Crippen LogP contribution in [-0.2, 0) is 9.53 Å². The molecule has 2 atom stereocenters. The largest absolute Gasteiger partial charge is 0.514 e. The van der Waals surface area contributed by atoms with Crippen molar-refractivity contribution >= 4 is 12.1 Å². The SMILES string of the molecule is CC(=O)NC1CC1c1cocc1OC(=O)OC(C)(C)C. The highest BCUT2D eigenvalue weighted by molar-refractivity contribution is 5.74. The Balaban J connectivity index is 1.96. The highest BCUT2D eigenvalue weighted by atomic mass is 16.7. The number of hydrogen-bond acceptors (Lipinski definition) is 5. The van der Waals surface area contributed by atoms with E-state index in [9.17, 15) is 9.59 Å². The molecule has 110 valence electrons. The molecule has 2 unspecified atom stereocenters. The molecule has 0 aliphatic heterocycles. The van der Waals surface area contributed by atoms with Crippen LogP contribution in [-0.4, -0.2) is 23.7 Å². The average molecular weight is 281 g/mol. The maximum atomic E-state index is 11.6.